The van der Waals surface area contributed by atoms with Crippen LogP contribution in [0, 0.1) is 0 Å². The number of rotatable bonds is 3. The molecule has 1 aliphatic heterocycles. The molecule has 4 heteroatoms. The first kappa shape index (κ1) is 10.3. The van der Waals surface area contributed by atoms with Gasteiger partial charge in [0, 0.05) is 20.7 Å². The average Bonchev–Trinajstić information content (AvgIpc) is 2.05. The van der Waals surface area contributed by atoms with Crippen molar-refractivity contribution in [3.05, 3.63) is 0 Å². The van der Waals surface area contributed by atoms with Crippen molar-refractivity contribution in [1.29, 1.82) is 0 Å². The maximum Gasteiger partial charge on any atom is 0.0834 e. The summed E-state index contributed by atoms with van der Waals surface area (Å²) in [6.45, 7) is 0.837. The molecule has 0 aromatic rings. The third-order valence-electron chi connectivity index (χ3n) is 2.37. The maximum absolute atomic E-state index is 5.63. The quantitative estimate of drug-likeness (QED) is 0.525. The summed E-state index contributed by atoms with van der Waals surface area (Å²) in [5.74, 6) is 8.02. The Morgan fingerprint density at radius 2 is 2.08 bits per heavy atom. The van der Waals surface area contributed by atoms with E-state index in [-0.39, 0.29) is 5.60 Å². The van der Waals surface area contributed by atoms with Crippen molar-refractivity contribution in [3.63, 3.8) is 0 Å². The van der Waals surface area contributed by atoms with Gasteiger partial charge in [-0.1, -0.05) is 0 Å². The van der Waals surface area contributed by atoms with Gasteiger partial charge in [-0.25, -0.2) is 5.01 Å². The molecular formula is C8H18N2OS. The van der Waals surface area contributed by atoms with Crippen LogP contribution in [0.15, 0.2) is 0 Å². The van der Waals surface area contributed by atoms with Crippen LogP contribution in [0.25, 0.3) is 0 Å². The fraction of sp³-hybridized carbons (Fsp3) is 1.00. The lowest BCUT2D eigenvalue weighted by molar-refractivity contribution is -0.0383. The van der Waals surface area contributed by atoms with Gasteiger partial charge in [0.25, 0.3) is 0 Å². The van der Waals surface area contributed by atoms with Crippen molar-refractivity contribution in [3.8, 4) is 0 Å². The monoisotopic (exact) mass is 190 g/mol. The minimum Gasteiger partial charge on any atom is -0.377 e. The van der Waals surface area contributed by atoms with E-state index in [1.165, 1.54) is 11.5 Å². The first-order valence-electron chi connectivity index (χ1n) is 4.27. The normalized spacial score (nSPS) is 23.0. The molecule has 0 radical (unpaired) electrons. The molecule has 1 heterocycles. The molecule has 0 amide bonds. The molecule has 2 N–H and O–H groups in total. The fourth-order valence-electron chi connectivity index (χ4n) is 1.62. The molecule has 0 saturated carbocycles. The zero-order valence-electron chi connectivity index (χ0n) is 7.88. The van der Waals surface area contributed by atoms with Crippen molar-refractivity contribution in [2.45, 2.75) is 18.4 Å². The van der Waals surface area contributed by atoms with E-state index < -0.39 is 0 Å². The molecule has 0 spiro atoms. The lowest BCUT2D eigenvalue weighted by atomic mass is 9.96. The summed E-state index contributed by atoms with van der Waals surface area (Å²) < 4.78 is 5.55. The lowest BCUT2D eigenvalue weighted by Gasteiger charge is -2.37. The van der Waals surface area contributed by atoms with Crippen LogP contribution in [0.4, 0.5) is 0 Å². The average molecular weight is 190 g/mol. The number of hydrogen-bond donors (Lipinski definition) is 1. The van der Waals surface area contributed by atoms with Gasteiger partial charge < -0.3 is 4.74 Å². The van der Waals surface area contributed by atoms with Gasteiger partial charge in [-0.05, 0) is 24.3 Å². The van der Waals surface area contributed by atoms with Gasteiger partial charge in [0.15, 0.2) is 0 Å². The number of methoxy groups -OCH3 is 1. The van der Waals surface area contributed by atoms with E-state index in [2.05, 4.69) is 0 Å². The highest BCUT2D eigenvalue weighted by Gasteiger charge is 2.32. The van der Waals surface area contributed by atoms with Crippen LogP contribution in [0.1, 0.15) is 12.8 Å². The van der Waals surface area contributed by atoms with Crippen LogP contribution in [-0.2, 0) is 4.74 Å². The number of hydrazine groups is 1. The molecular weight excluding hydrogens is 172 g/mol. The van der Waals surface area contributed by atoms with E-state index in [1.807, 2.05) is 18.8 Å². The fourth-order valence-corrected chi connectivity index (χ4v) is 2.86. The van der Waals surface area contributed by atoms with Crippen LogP contribution in [0.3, 0.4) is 0 Å². The predicted molar refractivity (Wildman–Crippen MR) is 53.1 cm³/mol. The van der Waals surface area contributed by atoms with E-state index in [0.717, 1.165) is 19.4 Å². The van der Waals surface area contributed by atoms with Crippen LogP contribution in [0.5, 0.6) is 0 Å². The Kier molecular flexibility index (Phi) is 3.83. The predicted octanol–water partition coefficient (Wildman–Crippen LogP) is 0.704. The topological polar surface area (TPSA) is 38.5 Å². The molecule has 3 nitrogen and oxygen atoms in total. The second-order valence-electron chi connectivity index (χ2n) is 3.41. The van der Waals surface area contributed by atoms with Gasteiger partial charge in [-0.15, -0.1) is 0 Å². The Bertz CT molecular complexity index is 135. The zero-order valence-corrected chi connectivity index (χ0v) is 8.69. The summed E-state index contributed by atoms with van der Waals surface area (Å²) in [4.78, 5) is 0. The number of thioether (sulfide) groups is 1. The highest BCUT2D eigenvalue weighted by molar-refractivity contribution is 7.99. The third kappa shape index (κ3) is 2.62. The second kappa shape index (κ2) is 4.46. The number of likely N-dealkylation sites (N-methyl/N-ethyl adjacent to an activating group) is 1. The molecule has 0 atom stereocenters. The molecule has 1 rings (SSSR count). The Morgan fingerprint density at radius 1 is 1.50 bits per heavy atom. The molecule has 0 unspecified atom stereocenters. The standard InChI is InChI=1S/C8H18N2OS/c1-10(9)7-8(11-2)3-5-12-6-4-8/h3-7,9H2,1-2H3. The van der Waals surface area contributed by atoms with Crippen molar-refractivity contribution < 1.29 is 4.74 Å². The highest BCUT2D eigenvalue weighted by Crippen LogP contribution is 2.29. The minimum absolute atomic E-state index is 0.0226. The Labute approximate surface area is 78.6 Å². The number of ether oxygens (including phenoxy) is 1. The van der Waals surface area contributed by atoms with Crippen molar-refractivity contribution in [1.82, 2.24) is 5.01 Å². The Balaban J connectivity index is 2.48. The molecule has 0 aromatic carbocycles. The maximum atomic E-state index is 5.63. The molecule has 72 valence electrons. The number of nitrogens with zero attached hydrogens (tertiary/aromatic N) is 1. The van der Waals surface area contributed by atoms with Gasteiger partial charge in [-0.2, -0.15) is 11.8 Å². The summed E-state index contributed by atoms with van der Waals surface area (Å²) in [5.41, 5.74) is 0.0226. The van der Waals surface area contributed by atoms with E-state index >= 15 is 0 Å². The second-order valence-corrected chi connectivity index (χ2v) is 4.64. The number of hydrogen-bond acceptors (Lipinski definition) is 4. The summed E-state index contributed by atoms with van der Waals surface area (Å²) in [6.07, 6.45) is 2.24. The summed E-state index contributed by atoms with van der Waals surface area (Å²) in [7, 11) is 3.68. The smallest absolute Gasteiger partial charge is 0.0834 e. The van der Waals surface area contributed by atoms with E-state index in [1.54, 1.807) is 12.1 Å². The van der Waals surface area contributed by atoms with Crippen LogP contribution in [-0.4, -0.2) is 42.8 Å². The highest BCUT2D eigenvalue weighted by atomic mass is 32.2. The van der Waals surface area contributed by atoms with Gasteiger partial charge >= 0.3 is 0 Å². The van der Waals surface area contributed by atoms with Gasteiger partial charge in [-0.3, -0.25) is 5.84 Å². The molecule has 0 bridgehead atoms. The first-order chi connectivity index (χ1) is 5.68. The molecule has 1 fully saturated rings. The number of nitrogens with two attached hydrogens (primary N) is 1. The molecule has 0 aromatic heterocycles. The molecule has 1 aliphatic rings. The Hall–Kier alpha value is 0.230. The summed E-state index contributed by atoms with van der Waals surface area (Å²) in [5, 5.41) is 1.72. The van der Waals surface area contributed by atoms with E-state index in [4.69, 9.17) is 10.6 Å². The first-order valence-corrected chi connectivity index (χ1v) is 5.43. The van der Waals surface area contributed by atoms with Crippen LogP contribution in [0.2, 0.25) is 0 Å². The van der Waals surface area contributed by atoms with Gasteiger partial charge in [0.2, 0.25) is 0 Å². The minimum atomic E-state index is 0.0226. The van der Waals surface area contributed by atoms with Gasteiger partial charge in [0.05, 0.1) is 5.60 Å². The summed E-state index contributed by atoms with van der Waals surface area (Å²) >= 11 is 2.00. The van der Waals surface area contributed by atoms with E-state index in [9.17, 15) is 0 Å². The molecule has 0 aliphatic carbocycles. The molecule has 1 saturated heterocycles. The molecule has 12 heavy (non-hydrogen) atoms. The van der Waals surface area contributed by atoms with Crippen molar-refractivity contribution >= 4 is 11.8 Å². The van der Waals surface area contributed by atoms with E-state index in [0.29, 0.717) is 0 Å². The van der Waals surface area contributed by atoms with Crippen LogP contribution < -0.4 is 5.84 Å². The van der Waals surface area contributed by atoms with Crippen LogP contribution >= 0.6 is 11.8 Å². The lowest BCUT2D eigenvalue weighted by Crippen LogP contribution is -2.47. The van der Waals surface area contributed by atoms with Crippen molar-refractivity contribution in [2.24, 2.45) is 5.84 Å². The zero-order chi connectivity index (χ0) is 9.03. The van der Waals surface area contributed by atoms with Gasteiger partial charge in [0.1, 0.15) is 0 Å². The largest absolute Gasteiger partial charge is 0.377 e. The summed E-state index contributed by atoms with van der Waals surface area (Å²) in [6, 6.07) is 0. The third-order valence-corrected chi connectivity index (χ3v) is 3.36. The Morgan fingerprint density at radius 3 is 2.50 bits per heavy atom. The SMILES string of the molecule is COC1(CN(C)N)CCSCC1. The van der Waals surface area contributed by atoms with Crippen molar-refractivity contribution in [2.75, 3.05) is 32.2 Å².